The highest BCUT2D eigenvalue weighted by Crippen LogP contribution is 2.31. The van der Waals surface area contributed by atoms with Crippen LogP contribution in [0.2, 0.25) is 0 Å². The molecular weight excluding hydrogens is 475 g/mol. The number of aliphatic hydroxyl groups excluding tert-OH is 1. The Balaban J connectivity index is 1.58. The molecule has 0 aliphatic rings. The van der Waals surface area contributed by atoms with Crippen molar-refractivity contribution in [1.82, 2.24) is 0 Å². The maximum Gasteiger partial charge on any atom is 0.330 e. The number of aliphatic hydroxyl groups is 1. The van der Waals surface area contributed by atoms with Crippen LogP contribution in [0.15, 0.2) is 97.6 Å². The molecule has 4 heteroatoms. The fourth-order valence-electron chi connectivity index (χ4n) is 4.55. The summed E-state index contributed by atoms with van der Waals surface area (Å²) in [6.07, 6.45) is 5.64. The SMILES string of the molecule is C=CC(=O)OCc1cc(CCCCC)ccc1-c1ccc(-c2ccc(-c3ccc(CO)cc3)c(F)c2)cc1. The number of benzene rings is 4. The molecule has 0 saturated heterocycles. The molecule has 4 aromatic rings. The zero-order valence-corrected chi connectivity index (χ0v) is 21.8. The van der Waals surface area contributed by atoms with Crippen molar-refractivity contribution in [2.24, 2.45) is 0 Å². The van der Waals surface area contributed by atoms with E-state index in [0.717, 1.165) is 51.8 Å². The van der Waals surface area contributed by atoms with Crippen molar-refractivity contribution in [2.75, 3.05) is 0 Å². The average Bonchev–Trinajstić information content (AvgIpc) is 2.96. The first-order valence-corrected chi connectivity index (χ1v) is 13.0. The summed E-state index contributed by atoms with van der Waals surface area (Å²) in [5.74, 6) is -0.745. The largest absolute Gasteiger partial charge is 0.458 e. The van der Waals surface area contributed by atoms with Crippen molar-refractivity contribution in [3.8, 4) is 33.4 Å². The first-order valence-electron chi connectivity index (χ1n) is 13.0. The van der Waals surface area contributed by atoms with Gasteiger partial charge in [-0.3, -0.25) is 0 Å². The van der Waals surface area contributed by atoms with Crippen molar-refractivity contribution < 1.29 is 19.0 Å². The Labute approximate surface area is 224 Å². The third-order valence-corrected chi connectivity index (χ3v) is 6.72. The smallest absolute Gasteiger partial charge is 0.330 e. The van der Waals surface area contributed by atoms with Crippen molar-refractivity contribution in [1.29, 1.82) is 0 Å². The van der Waals surface area contributed by atoms with E-state index >= 15 is 4.39 Å². The molecule has 0 atom stereocenters. The van der Waals surface area contributed by atoms with Crippen LogP contribution >= 0.6 is 0 Å². The number of carbonyl (C=O) groups excluding carboxylic acids is 1. The van der Waals surface area contributed by atoms with Crippen LogP contribution in [0.1, 0.15) is 42.9 Å². The van der Waals surface area contributed by atoms with E-state index in [1.165, 1.54) is 24.5 Å². The molecule has 4 rings (SSSR count). The molecule has 0 aliphatic carbocycles. The van der Waals surface area contributed by atoms with Crippen molar-refractivity contribution >= 4 is 5.97 Å². The van der Waals surface area contributed by atoms with Gasteiger partial charge in [0.25, 0.3) is 0 Å². The van der Waals surface area contributed by atoms with Gasteiger partial charge < -0.3 is 9.84 Å². The van der Waals surface area contributed by atoms with Gasteiger partial charge in [0, 0.05) is 11.6 Å². The van der Waals surface area contributed by atoms with Gasteiger partial charge in [0.15, 0.2) is 0 Å². The predicted octanol–water partition coefficient (Wildman–Crippen LogP) is 8.28. The number of aryl methyl sites for hydroxylation is 1. The maximum atomic E-state index is 15.0. The molecule has 0 radical (unpaired) electrons. The molecule has 38 heavy (non-hydrogen) atoms. The fraction of sp³-hybridized carbons (Fsp3) is 0.206. The molecule has 0 heterocycles. The van der Waals surface area contributed by atoms with E-state index < -0.39 is 5.97 Å². The maximum absolute atomic E-state index is 15.0. The molecule has 0 saturated carbocycles. The Morgan fingerprint density at radius 3 is 2.08 bits per heavy atom. The molecule has 0 spiro atoms. The van der Waals surface area contributed by atoms with Gasteiger partial charge in [-0.15, -0.1) is 0 Å². The standard InChI is InChI=1S/C34H33FO3/c1-3-5-6-7-24-10-18-31(30(20-24)23-38-34(37)4-2)27-15-13-26(14-16-27)29-17-19-32(33(35)21-29)28-11-8-25(22-36)9-12-28/h4,8-21,36H,2-3,5-7,22-23H2,1H3. The lowest BCUT2D eigenvalue weighted by molar-refractivity contribution is -0.138. The number of carbonyl (C=O) groups is 1. The lowest BCUT2D eigenvalue weighted by atomic mass is 9.94. The van der Waals surface area contributed by atoms with Gasteiger partial charge in [0.05, 0.1) is 6.61 Å². The van der Waals surface area contributed by atoms with Crippen LogP contribution in [-0.4, -0.2) is 11.1 Å². The molecule has 0 aliphatic heterocycles. The molecule has 0 bridgehead atoms. The second-order valence-electron chi connectivity index (χ2n) is 9.39. The van der Waals surface area contributed by atoms with Gasteiger partial charge in [-0.05, 0) is 63.4 Å². The van der Waals surface area contributed by atoms with Gasteiger partial charge in [-0.25, -0.2) is 9.18 Å². The van der Waals surface area contributed by atoms with Crippen LogP contribution in [0, 0.1) is 5.82 Å². The summed E-state index contributed by atoms with van der Waals surface area (Å²) in [5, 5.41) is 9.24. The average molecular weight is 509 g/mol. The van der Waals surface area contributed by atoms with Crippen molar-refractivity contribution in [3.63, 3.8) is 0 Å². The van der Waals surface area contributed by atoms with E-state index in [0.29, 0.717) is 5.56 Å². The van der Waals surface area contributed by atoms with Crippen molar-refractivity contribution in [3.05, 3.63) is 120 Å². The summed E-state index contributed by atoms with van der Waals surface area (Å²) in [6.45, 7) is 5.81. The summed E-state index contributed by atoms with van der Waals surface area (Å²) >= 11 is 0. The van der Waals surface area contributed by atoms with E-state index in [9.17, 15) is 9.90 Å². The minimum atomic E-state index is -0.447. The minimum absolute atomic E-state index is 0.0394. The van der Waals surface area contributed by atoms with Crippen LogP contribution in [0.25, 0.3) is 33.4 Å². The van der Waals surface area contributed by atoms with E-state index in [1.54, 1.807) is 24.3 Å². The van der Waals surface area contributed by atoms with Gasteiger partial charge in [-0.2, -0.15) is 0 Å². The number of hydrogen-bond acceptors (Lipinski definition) is 3. The third-order valence-electron chi connectivity index (χ3n) is 6.72. The summed E-state index contributed by atoms with van der Waals surface area (Å²) in [7, 11) is 0. The molecule has 194 valence electrons. The van der Waals surface area contributed by atoms with Crippen LogP contribution in [0.3, 0.4) is 0 Å². The number of hydrogen-bond donors (Lipinski definition) is 1. The highest BCUT2D eigenvalue weighted by molar-refractivity contribution is 5.81. The Bertz CT molecular complexity index is 1390. The number of ether oxygens (including phenoxy) is 1. The fourth-order valence-corrected chi connectivity index (χ4v) is 4.55. The number of rotatable bonds is 11. The Morgan fingerprint density at radius 1 is 0.816 bits per heavy atom. The van der Waals surface area contributed by atoms with E-state index in [-0.39, 0.29) is 19.0 Å². The quantitative estimate of drug-likeness (QED) is 0.126. The number of halogens is 1. The molecular formula is C34H33FO3. The summed E-state index contributed by atoms with van der Waals surface area (Å²) in [4.78, 5) is 11.7. The zero-order valence-electron chi connectivity index (χ0n) is 21.8. The Morgan fingerprint density at radius 2 is 1.42 bits per heavy atom. The van der Waals surface area contributed by atoms with E-state index in [4.69, 9.17) is 4.74 Å². The highest BCUT2D eigenvalue weighted by Gasteiger charge is 2.11. The zero-order chi connectivity index (χ0) is 26.9. The lowest BCUT2D eigenvalue weighted by Crippen LogP contribution is -2.02. The van der Waals surface area contributed by atoms with Gasteiger partial charge >= 0.3 is 5.97 Å². The second kappa shape index (κ2) is 13.0. The minimum Gasteiger partial charge on any atom is -0.458 e. The number of esters is 1. The molecule has 0 unspecified atom stereocenters. The molecule has 0 aromatic heterocycles. The monoisotopic (exact) mass is 508 g/mol. The first kappa shape index (κ1) is 27.0. The van der Waals surface area contributed by atoms with Crippen LogP contribution in [0.5, 0.6) is 0 Å². The molecule has 1 N–H and O–H groups in total. The highest BCUT2D eigenvalue weighted by atomic mass is 19.1. The lowest BCUT2D eigenvalue weighted by Gasteiger charge is -2.13. The third kappa shape index (κ3) is 6.64. The summed E-state index contributed by atoms with van der Waals surface area (Å²) in [6, 6.07) is 26.8. The normalized spacial score (nSPS) is 10.8. The second-order valence-corrected chi connectivity index (χ2v) is 9.39. The van der Waals surface area contributed by atoms with Gasteiger partial charge in [-0.1, -0.05) is 105 Å². The van der Waals surface area contributed by atoms with Crippen LogP contribution in [0.4, 0.5) is 4.39 Å². The van der Waals surface area contributed by atoms with Gasteiger partial charge in [0.2, 0.25) is 0 Å². The molecule has 0 amide bonds. The van der Waals surface area contributed by atoms with E-state index in [1.807, 2.05) is 42.5 Å². The van der Waals surface area contributed by atoms with Gasteiger partial charge in [0.1, 0.15) is 12.4 Å². The number of unbranched alkanes of at least 4 members (excludes halogenated alkanes) is 2. The topological polar surface area (TPSA) is 46.5 Å². The Hall–Kier alpha value is -4.02. The molecule has 4 aromatic carbocycles. The summed E-state index contributed by atoms with van der Waals surface area (Å²) in [5.41, 5.74) is 7.95. The molecule has 0 fully saturated rings. The summed E-state index contributed by atoms with van der Waals surface area (Å²) < 4.78 is 20.4. The Kier molecular flexibility index (Phi) is 9.23. The van der Waals surface area contributed by atoms with Crippen LogP contribution in [-0.2, 0) is 29.2 Å². The van der Waals surface area contributed by atoms with Crippen LogP contribution < -0.4 is 0 Å². The predicted molar refractivity (Wildman–Crippen MR) is 152 cm³/mol. The first-order chi connectivity index (χ1) is 18.5. The van der Waals surface area contributed by atoms with E-state index in [2.05, 4.69) is 31.7 Å². The molecule has 3 nitrogen and oxygen atoms in total. The van der Waals surface area contributed by atoms with Crippen molar-refractivity contribution in [2.45, 2.75) is 45.8 Å².